The third kappa shape index (κ3) is 5.01. The highest BCUT2D eigenvalue weighted by Gasteiger charge is 2.36. The van der Waals surface area contributed by atoms with Gasteiger partial charge in [-0.1, -0.05) is 6.07 Å². The zero-order valence-corrected chi connectivity index (χ0v) is 19.0. The molecule has 34 heavy (non-hydrogen) atoms. The summed E-state index contributed by atoms with van der Waals surface area (Å²) < 4.78 is 38.9. The Morgan fingerprint density at radius 1 is 1.06 bits per heavy atom. The van der Waals surface area contributed by atoms with E-state index in [1.54, 1.807) is 20.8 Å². The number of carbonyl (C=O) groups excluding carboxylic acids is 2. The Morgan fingerprint density at radius 3 is 2.41 bits per heavy atom. The third-order valence-corrected chi connectivity index (χ3v) is 7.08. The smallest absolute Gasteiger partial charge is 0.362 e. The van der Waals surface area contributed by atoms with Crippen LogP contribution in [0, 0.1) is 16.0 Å². The number of amides is 2. The number of rotatable bonds is 4. The van der Waals surface area contributed by atoms with Crippen LogP contribution in [0.1, 0.15) is 28.1 Å². The van der Waals surface area contributed by atoms with Gasteiger partial charge in [0.25, 0.3) is 11.6 Å². The van der Waals surface area contributed by atoms with Crippen LogP contribution in [-0.4, -0.2) is 65.8 Å². The first-order valence-electron chi connectivity index (χ1n) is 10.9. The van der Waals surface area contributed by atoms with E-state index in [2.05, 4.69) is 0 Å². The van der Waals surface area contributed by atoms with Crippen LogP contribution in [0.15, 0.2) is 35.7 Å². The van der Waals surface area contributed by atoms with Gasteiger partial charge in [0, 0.05) is 45.3 Å². The van der Waals surface area contributed by atoms with E-state index in [9.17, 15) is 32.9 Å². The number of halogens is 3. The minimum absolute atomic E-state index is 0.0646. The molecule has 1 unspecified atom stereocenters. The first kappa shape index (κ1) is 24.0. The van der Waals surface area contributed by atoms with Gasteiger partial charge in [0.05, 0.1) is 21.3 Å². The number of thiophene rings is 1. The Labute approximate surface area is 197 Å². The molecule has 0 radical (unpaired) electrons. The molecule has 182 valence electrons. The van der Waals surface area contributed by atoms with E-state index < -0.39 is 22.4 Å². The monoisotopic (exact) mass is 496 g/mol. The van der Waals surface area contributed by atoms with Gasteiger partial charge in [0.2, 0.25) is 5.91 Å². The van der Waals surface area contributed by atoms with Crippen LogP contribution < -0.4 is 4.90 Å². The maximum Gasteiger partial charge on any atom is 0.416 e. The number of nitro groups is 1. The number of hydrogen-bond donors (Lipinski definition) is 0. The fourth-order valence-electron chi connectivity index (χ4n) is 4.46. The predicted molar refractivity (Wildman–Crippen MR) is 120 cm³/mol. The highest BCUT2D eigenvalue weighted by atomic mass is 32.1. The summed E-state index contributed by atoms with van der Waals surface area (Å²) in [4.78, 5) is 42.0. The van der Waals surface area contributed by atoms with E-state index in [4.69, 9.17) is 0 Å². The Balaban J connectivity index is 1.39. The first-order valence-corrected chi connectivity index (χ1v) is 11.8. The number of piperazine rings is 1. The molecule has 2 amide bonds. The average Bonchev–Trinajstić information content (AvgIpc) is 3.37. The molecule has 1 aromatic carbocycles. The van der Waals surface area contributed by atoms with Crippen LogP contribution in [0.4, 0.5) is 24.5 Å². The van der Waals surface area contributed by atoms with Crippen molar-refractivity contribution in [1.82, 2.24) is 9.80 Å². The van der Waals surface area contributed by atoms with Crippen molar-refractivity contribution in [1.29, 1.82) is 0 Å². The second kappa shape index (κ2) is 9.61. The third-order valence-electron chi connectivity index (χ3n) is 6.22. The van der Waals surface area contributed by atoms with Gasteiger partial charge in [-0.05, 0) is 36.4 Å². The molecule has 8 nitrogen and oxygen atoms in total. The Kier molecular flexibility index (Phi) is 6.78. The second-order valence-corrected chi connectivity index (χ2v) is 9.29. The Hall–Kier alpha value is -3.15. The highest BCUT2D eigenvalue weighted by Crippen LogP contribution is 2.37. The number of hydrogen-bond acceptors (Lipinski definition) is 6. The lowest BCUT2D eigenvalue weighted by atomic mass is 9.96. The molecule has 2 fully saturated rings. The number of anilines is 1. The summed E-state index contributed by atoms with van der Waals surface area (Å²) in [6, 6.07) is 6.08. The normalized spacial score (nSPS) is 19.3. The number of benzene rings is 1. The Bertz CT molecular complexity index is 1070. The molecule has 2 saturated heterocycles. The molecule has 2 aliphatic heterocycles. The van der Waals surface area contributed by atoms with Gasteiger partial charge in [-0.25, -0.2) is 0 Å². The zero-order chi connectivity index (χ0) is 24.5. The quantitative estimate of drug-likeness (QED) is 0.474. The fourth-order valence-corrected chi connectivity index (χ4v) is 5.15. The molecular weight excluding hydrogens is 473 g/mol. The minimum Gasteiger partial charge on any atom is -0.362 e. The summed E-state index contributed by atoms with van der Waals surface area (Å²) in [5.74, 6) is -0.457. The minimum atomic E-state index is -4.67. The molecular formula is C22H23F3N4O4S. The van der Waals surface area contributed by atoms with Crippen molar-refractivity contribution in [3.63, 3.8) is 0 Å². The molecule has 12 heteroatoms. The van der Waals surface area contributed by atoms with Gasteiger partial charge in [0.1, 0.15) is 5.69 Å². The van der Waals surface area contributed by atoms with Crippen molar-refractivity contribution in [2.75, 3.05) is 44.2 Å². The molecule has 0 aliphatic carbocycles. The van der Waals surface area contributed by atoms with Crippen LogP contribution in [0.2, 0.25) is 0 Å². The molecule has 0 bridgehead atoms. The van der Waals surface area contributed by atoms with Crippen molar-refractivity contribution in [2.45, 2.75) is 19.0 Å². The van der Waals surface area contributed by atoms with Crippen LogP contribution in [0.3, 0.4) is 0 Å². The van der Waals surface area contributed by atoms with Gasteiger partial charge < -0.3 is 14.7 Å². The van der Waals surface area contributed by atoms with E-state index in [1.807, 2.05) is 11.4 Å². The lowest BCUT2D eigenvalue weighted by Crippen LogP contribution is -2.53. The zero-order valence-electron chi connectivity index (χ0n) is 18.2. The van der Waals surface area contributed by atoms with E-state index >= 15 is 0 Å². The summed E-state index contributed by atoms with van der Waals surface area (Å²) >= 11 is 1.36. The molecule has 1 atom stereocenters. The predicted octanol–water partition coefficient (Wildman–Crippen LogP) is 3.88. The summed E-state index contributed by atoms with van der Waals surface area (Å²) in [6.45, 7) is 2.08. The highest BCUT2D eigenvalue weighted by molar-refractivity contribution is 7.12. The number of alkyl halides is 3. The Morgan fingerprint density at radius 2 is 1.79 bits per heavy atom. The number of nitrogens with zero attached hydrogens (tertiary/aromatic N) is 4. The number of likely N-dealkylation sites (tertiary alicyclic amines) is 1. The topological polar surface area (TPSA) is 87.0 Å². The first-order chi connectivity index (χ1) is 16.1. The lowest BCUT2D eigenvalue weighted by molar-refractivity contribution is -0.384. The summed E-state index contributed by atoms with van der Waals surface area (Å²) in [7, 11) is 0. The average molecular weight is 497 g/mol. The molecule has 0 spiro atoms. The molecule has 2 aliphatic rings. The van der Waals surface area contributed by atoms with Crippen LogP contribution in [-0.2, 0) is 11.0 Å². The maximum atomic E-state index is 13.1. The standard InChI is InChI=1S/C22H23F3N4O4S/c23-22(24,25)16-5-6-17(18(13-16)29(32)33)26-8-10-27(11-9-26)20(30)15-3-1-7-28(14-15)21(31)19-4-2-12-34-19/h2,4-6,12-13,15H,1,3,7-11,14H2. The van der Waals surface area contributed by atoms with Crippen molar-refractivity contribution in [3.8, 4) is 0 Å². The van der Waals surface area contributed by atoms with Crippen molar-refractivity contribution in [2.24, 2.45) is 5.92 Å². The lowest BCUT2D eigenvalue weighted by Gasteiger charge is -2.39. The van der Waals surface area contributed by atoms with Crippen LogP contribution in [0.25, 0.3) is 0 Å². The van der Waals surface area contributed by atoms with Crippen molar-refractivity contribution in [3.05, 3.63) is 56.3 Å². The molecule has 3 heterocycles. The fraction of sp³-hybridized carbons (Fsp3) is 0.455. The van der Waals surface area contributed by atoms with Crippen molar-refractivity contribution >= 4 is 34.5 Å². The van der Waals surface area contributed by atoms with Gasteiger partial charge in [-0.2, -0.15) is 13.2 Å². The number of carbonyl (C=O) groups is 2. The number of piperidine rings is 1. The SMILES string of the molecule is O=C(c1cccs1)N1CCCC(C(=O)N2CCN(c3ccc(C(F)(F)F)cc3[N+](=O)[O-])CC2)C1. The van der Waals surface area contributed by atoms with Crippen LogP contribution >= 0.6 is 11.3 Å². The maximum absolute atomic E-state index is 13.1. The van der Waals surface area contributed by atoms with Gasteiger partial charge in [-0.3, -0.25) is 19.7 Å². The van der Waals surface area contributed by atoms with E-state index in [1.165, 1.54) is 11.3 Å². The van der Waals surface area contributed by atoms with Crippen molar-refractivity contribution < 1.29 is 27.7 Å². The largest absolute Gasteiger partial charge is 0.416 e. The van der Waals surface area contributed by atoms with Crippen LogP contribution in [0.5, 0.6) is 0 Å². The van der Waals surface area contributed by atoms with Gasteiger partial charge in [-0.15, -0.1) is 11.3 Å². The molecule has 1 aromatic heterocycles. The molecule has 0 saturated carbocycles. The summed E-state index contributed by atoms with van der Waals surface area (Å²) in [5.41, 5.74) is -1.57. The van der Waals surface area contributed by atoms with Gasteiger partial charge in [0.15, 0.2) is 0 Å². The number of nitro benzene ring substituents is 1. The van der Waals surface area contributed by atoms with Gasteiger partial charge >= 0.3 is 6.18 Å². The van der Waals surface area contributed by atoms with E-state index in [0.717, 1.165) is 18.6 Å². The molecule has 2 aromatic rings. The van der Waals surface area contributed by atoms with E-state index in [-0.39, 0.29) is 36.5 Å². The molecule has 4 rings (SSSR count). The second-order valence-electron chi connectivity index (χ2n) is 8.34. The summed E-state index contributed by atoms with van der Waals surface area (Å²) in [5, 5.41) is 13.2. The summed E-state index contributed by atoms with van der Waals surface area (Å²) in [6.07, 6.45) is -3.27. The van der Waals surface area contributed by atoms with E-state index in [0.29, 0.717) is 43.5 Å². The molecule has 0 N–H and O–H groups in total.